The van der Waals surface area contributed by atoms with Crippen LogP contribution in [0.4, 0.5) is 0 Å². The van der Waals surface area contributed by atoms with Crippen LogP contribution in [-0.2, 0) is 12.2 Å². The van der Waals surface area contributed by atoms with Crippen molar-refractivity contribution in [3.8, 4) is 0 Å². The van der Waals surface area contributed by atoms with E-state index in [4.69, 9.17) is 17.2 Å². The van der Waals surface area contributed by atoms with Crippen LogP contribution in [0.15, 0.2) is 54.6 Å². The van der Waals surface area contributed by atoms with Gasteiger partial charge in [-0.2, -0.15) is 0 Å². The number of rotatable bonds is 5. The summed E-state index contributed by atoms with van der Waals surface area (Å²) >= 11 is 9.20. The zero-order valence-corrected chi connectivity index (χ0v) is 17.7. The Balaban J connectivity index is 1.21. The van der Waals surface area contributed by atoms with E-state index in [1.807, 2.05) is 6.07 Å². The number of aromatic nitrogens is 1. The van der Waals surface area contributed by atoms with Crippen molar-refractivity contribution in [3.63, 3.8) is 0 Å². The molecule has 2 heterocycles. The average Bonchev–Trinajstić information content (AvgIpc) is 3.15. The molecule has 6 heteroatoms. The summed E-state index contributed by atoms with van der Waals surface area (Å²) in [6.07, 6.45) is 1.12. The minimum atomic E-state index is 0.867. The van der Waals surface area contributed by atoms with Crippen molar-refractivity contribution in [2.75, 3.05) is 32.7 Å². The molecule has 27 heavy (non-hydrogen) atoms. The topological polar surface area (TPSA) is 19.4 Å². The van der Waals surface area contributed by atoms with Gasteiger partial charge in [0.25, 0.3) is 0 Å². The van der Waals surface area contributed by atoms with Gasteiger partial charge in [-0.05, 0) is 24.1 Å². The lowest BCUT2D eigenvalue weighted by Gasteiger charge is -2.35. The molecule has 0 amide bonds. The molecule has 2 aromatic carbocycles. The highest BCUT2D eigenvalue weighted by Crippen LogP contribution is 2.26. The minimum Gasteiger partial charge on any atom is -0.355 e. The molecule has 1 fully saturated rings. The van der Waals surface area contributed by atoms with E-state index in [9.17, 15) is 0 Å². The third-order valence-electron chi connectivity index (χ3n) is 4.85. The third kappa shape index (κ3) is 5.08. The van der Waals surface area contributed by atoms with Gasteiger partial charge >= 0.3 is 0 Å². The Morgan fingerprint density at radius 2 is 1.74 bits per heavy atom. The van der Waals surface area contributed by atoms with E-state index >= 15 is 0 Å². The summed E-state index contributed by atoms with van der Waals surface area (Å²) in [4.78, 5) is 9.61. The van der Waals surface area contributed by atoms with Crippen molar-refractivity contribution in [2.24, 2.45) is 0 Å². The van der Waals surface area contributed by atoms with Crippen LogP contribution in [0.3, 0.4) is 0 Å². The minimum absolute atomic E-state index is 0.867. The molecule has 0 unspecified atom stereocenters. The lowest BCUT2D eigenvalue weighted by molar-refractivity contribution is 0.187. The Hall–Kier alpha value is -1.47. The predicted octanol–water partition coefficient (Wildman–Crippen LogP) is 4.67. The van der Waals surface area contributed by atoms with Crippen molar-refractivity contribution in [3.05, 3.63) is 65.2 Å². The SMILES string of the molecule is S=C(SCc1nc2ccccc2s1)N1CCN(CCc2ccccc2)CC1. The standard InChI is InChI=1S/C21H23N3S3/c25-21(26-16-20-22-18-8-4-5-9-19(18)27-20)24-14-12-23(13-15-24)11-10-17-6-2-1-3-7-17/h1-9H,10-16H2. The van der Waals surface area contributed by atoms with Crippen LogP contribution < -0.4 is 0 Å². The Kier molecular flexibility index (Phi) is 6.39. The maximum Gasteiger partial charge on any atom is 0.136 e. The zero-order valence-electron chi connectivity index (χ0n) is 15.2. The zero-order chi connectivity index (χ0) is 18.5. The van der Waals surface area contributed by atoms with Gasteiger partial charge in [0.1, 0.15) is 9.33 Å². The van der Waals surface area contributed by atoms with E-state index in [1.165, 1.54) is 10.3 Å². The normalized spacial score (nSPS) is 15.3. The van der Waals surface area contributed by atoms with Crippen LogP contribution in [0, 0.1) is 0 Å². The van der Waals surface area contributed by atoms with E-state index in [-0.39, 0.29) is 0 Å². The number of thiazole rings is 1. The van der Waals surface area contributed by atoms with E-state index in [0.717, 1.165) is 59.7 Å². The van der Waals surface area contributed by atoms with Crippen LogP contribution in [0.1, 0.15) is 10.6 Å². The lowest BCUT2D eigenvalue weighted by Crippen LogP contribution is -2.48. The summed E-state index contributed by atoms with van der Waals surface area (Å²) in [6, 6.07) is 19.1. The molecule has 4 rings (SSSR count). The summed E-state index contributed by atoms with van der Waals surface area (Å²) in [5.41, 5.74) is 2.51. The third-order valence-corrected chi connectivity index (χ3v) is 7.60. The van der Waals surface area contributed by atoms with Crippen LogP contribution in [0.2, 0.25) is 0 Å². The molecule has 0 N–H and O–H groups in total. The smallest absolute Gasteiger partial charge is 0.136 e. The Bertz CT molecular complexity index is 853. The molecule has 0 saturated carbocycles. The fraction of sp³-hybridized carbons (Fsp3) is 0.333. The number of hydrogen-bond donors (Lipinski definition) is 0. The maximum atomic E-state index is 5.68. The number of hydrogen-bond acceptors (Lipinski definition) is 5. The quantitative estimate of drug-likeness (QED) is 0.564. The number of thiocarbonyl (C=S) groups is 1. The van der Waals surface area contributed by atoms with Gasteiger partial charge < -0.3 is 4.90 Å². The Morgan fingerprint density at radius 3 is 2.52 bits per heavy atom. The number of benzene rings is 2. The van der Waals surface area contributed by atoms with Gasteiger partial charge in [0.2, 0.25) is 0 Å². The molecule has 0 atom stereocenters. The fourth-order valence-electron chi connectivity index (χ4n) is 3.28. The summed E-state index contributed by atoms with van der Waals surface area (Å²) in [6.45, 7) is 5.37. The van der Waals surface area contributed by atoms with E-state index < -0.39 is 0 Å². The Labute approximate surface area is 174 Å². The molecule has 3 aromatic rings. The highest BCUT2D eigenvalue weighted by Gasteiger charge is 2.19. The van der Waals surface area contributed by atoms with Gasteiger partial charge in [-0.15, -0.1) is 11.3 Å². The summed E-state index contributed by atoms with van der Waals surface area (Å²) in [7, 11) is 0. The summed E-state index contributed by atoms with van der Waals surface area (Å²) < 4.78 is 2.27. The second kappa shape index (κ2) is 9.15. The first-order valence-corrected chi connectivity index (χ1v) is 11.5. The van der Waals surface area contributed by atoms with Crippen molar-refractivity contribution in [1.29, 1.82) is 0 Å². The number of fused-ring (bicyclic) bond motifs is 1. The van der Waals surface area contributed by atoms with Gasteiger partial charge in [-0.25, -0.2) is 4.98 Å². The van der Waals surface area contributed by atoms with Crippen LogP contribution >= 0.6 is 35.3 Å². The van der Waals surface area contributed by atoms with Gasteiger partial charge in [0.15, 0.2) is 0 Å². The molecule has 1 aliphatic heterocycles. The van der Waals surface area contributed by atoms with Gasteiger partial charge in [-0.3, -0.25) is 4.90 Å². The molecule has 1 aromatic heterocycles. The van der Waals surface area contributed by atoms with Crippen molar-refractivity contribution < 1.29 is 0 Å². The summed E-state index contributed by atoms with van der Waals surface area (Å²) in [5, 5.41) is 1.16. The molecule has 0 bridgehead atoms. The highest BCUT2D eigenvalue weighted by molar-refractivity contribution is 8.22. The van der Waals surface area contributed by atoms with Gasteiger partial charge in [0.05, 0.1) is 16.0 Å². The van der Waals surface area contributed by atoms with Crippen LogP contribution in [-0.4, -0.2) is 51.8 Å². The predicted molar refractivity (Wildman–Crippen MR) is 122 cm³/mol. The highest BCUT2D eigenvalue weighted by atomic mass is 32.2. The monoisotopic (exact) mass is 413 g/mol. The number of para-hydroxylation sites is 1. The molecule has 0 spiro atoms. The van der Waals surface area contributed by atoms with Crippen molar-refractivity contribution in [2.45, 2.75) is 12.2 Å². The number of thioether (sulfide) groups is 1. The van der Waals surface area contributed by atoms with E-state index in [2.05, 4.69) is 58.3 Å². The molecule has 1 aliphatic rings. The number of nitrogens with zero attached hydrogens (tertiary/aromatic N) is 3. The first-order valence-electron chi connectivity index (χ1n) is 9.30. The Morgan fingerprint density at radius 1 is 1.00 bits per heavy atom. The maximum absolute atomic E-state index is 5.68. The van der Waals surface area contributed by atoms with E-state index in [1.54, 1.807) is 23.1 Å². The molecule has 3 nitrogen and oxygen atoms in total. The fourth-order valence-corrected chi connectivity index (χ4v) is 5.49. The lowest BCUT2D eigenvalue weighted by atomic mass is 10.1. The average molecular weight is 414 g/mol. The molecule has 0 radical (unpaired) electrons. The molecular weight excluding hydrogens is 390 g/mol. The largest absolute Gasteiger partial charge is 0.355 e. The second-order valence-corrected chi connectivity index (χ2v) is 9.42. The van der Waals surface area contributed by atoms with Crippen LogP contribution in [0.5, 0.6) is 0 Å². The van der Waals surface area contributed by atoms with Crippen molar-refractivity contribution >= 4 is 49.9 Å². The first-order chi connectivity index (χ1) is 13.3. The van der Waals surface area contributed by atoms with E-state index in [0.29, 0.717) is 0 Å². The molecular formula is C21H23N3S3. The number of piperazine rings is 1. The molecule has 140 valence electrons. The second-order valence-electron chi connectivity index (χ2n) is 6.69. The van der Waals surface area contributed by atoms with Crippen molar-refractivity contribution in [1.82, 2.24) is 14.8 Å². The molecule has 0 aliphatic carbocycles. The first kappa shape index (κ1) is 18.9. The molecule has 1 saturated heterocycles. The summed E-state index contributed by atoms with van der Waals surface area (Å²) in [5.74, 6) is 0.867. The van der Waals surface area contributed by atoms with Gasteiger partial charge in [-0.1, -0.05) is 66.4 Å². The van der Waals surface area contributed by atoms with Gasteiger partial charge in [0, 0.05) is 32.7 Å². The van der Waals surface area contributed by atoms with Crippen LogP contribution in [0.25, 0.3) is 10.2 Å².